The van der Waals surface area contributed by atoms with Crippen LogP contribution in [0.3, 0.4) is 0 Å². The summed E-state index contributed by atoms with van der Waals surface area (Å²) in [5.41, 5.74) is -0.349. The van der Waals surface area contributed by atoms with E-state index in [4.69, 9.17) is 9.47 Å². The third-order valence-electron chi connectivity index (χ3n) is 2.66. The van der Waals surface area contributed by atoms with E-state index in [1.165, 1.54) is 26.4 Å². The van der Waals surface area contributed by atoms with E-state index < -0.39 is 11.4 Å². The summed E-state index contributed by atoms with van der Waals surface area (Å²) in [6.45, 7) is 0. The molecule has 0 spiro atoms. The number of benzene rings is 1. The first-order chi connectivity index (χ1) is 7.10. The molecule has 4 heteroatoms. The van der Waals surface area contributed by atoms with Gasteiger partial charge in [0.25, 0.3) is 0 Å². The second kappa shape index (κ2) is 3.38. The first-order valence-electron chi connectivity index (χ1n) is 4.75. The van der Waals surface area contributed by atoms with Crippen LogP contribution in [0, 0.1) is 5.82 Å². The van der Waals surface area contributed by atoms with Gasteiger partial charge in [0.2, 0.25) is 0 Å². The van der Waals surface area contributed by atoms with Crippen LogP contribution in [0.15, 0.2) is 12.1 Å². The van der Waals surface area contributed by atoms with Gasteiger partial charge in [-0.3, -0.25) is 0 Å². The number of halogens is 1. The summed E-state index contributed by atoms with van der Waals surface area (Å²) >= 11 is 0. The fraction of sp³-hybridized carbons (Fsp3) is 0.455. The van der Waals surface area contributed by atoms with Gasteiger partial charge < -0.3 is 14.6 Å². The molecular weight excluding hydrogens is 199 g/mol. The molecule has 0 aliphatic heterocycles. The Labute approximate surface area is 87.4 Å². The number of ether oxygens (including phenoxy) is 2. The Bertz CT molecular complexity index is 360. The molecule has 0 amide bonds. The Hall–Kier alpha value is -1.29. The second-order valence-corrected chi connectivity index (χ2v) is 3.72. The molecule has 1 saturated carbocycles. The molecule has 82 valence electrons. The summed E-state index contributed by atoms with van der Waals surface area (Å²) in [6.07, 6.45) is 1.32. The van der Waals surface area contributed by atoms with Crippen molar-refractivity contribution < 1.29 is 19.0 Å². The lowest BCUT2D eigenvalue weighted by atomic mass is 10.0. The highest BCUT2D eigenvalue weighted by Gasteiger charge is 2.46. The highest BCUT2D eigenvalue weighted by molar-refractivity contribution is 5.51. The lowest BCUT2D eigenvalue weighted by Crippen LogP contribution is -2.09. The third-order valence-corrected chi connectivity index (χ3v) is 2.66. The maximum absolute atomic E-state index is 13.1. The number of rotatable bonds is 3. The lowest BCUT2D eigenvalue weighted by molar-refractivity contribution is 0.143. The first kappa shape index (κ1) is 10.2. The molecule has 1 aliphatic rings. The molecule has 1 aliphatic carbocycles. The average Bonchev–Trinajstić information content (AvgIpc) is 2.95. The standard InChI is InChI=1S/C11H13FO3/c1-14-8-5-7(12)6-9(15-2)10(8)11(13)3-4-11/h5-6,13H,3-4H2,1-2H3. The monoisotopic (exact) mass is 212 g/mol. The van der Waals surface area contributed by atoms with Gasteiger partial charge in [-0.05, 0) is 12.8 Å². The predicted molar refractivity (Wildman–Crippen MR) is 52.6 cm³/mol. The van der Waals surface area contributed by atoms with E-state index in [1.54, 1.807) is 0 Å². The Morgan fingerprint density at radius 3 is 2.00 bits per heavy atom. The number of aliphatic hydroxyl groups is 1. The van der Waals surface area contributed by atoms with E-state index in [9.17, 15) is 9.50 Å². The summed E-state index contributed by atoms with van der Waals surface area (Å²) in [4.78, 5) is 0. The maximum Gasteiger partial charge on any atom is 0.131 e. The van der Waals surface area contributed by atoms with Crippen LogP contribution in [0.5, 0.6) is 11.5 Å². The second-order valence-electron chi connectivity index (χ2n) is 3.72. The van der Waals surface area contributed by atoms with Crippen LogP contribution in [-0.4, -0.2) is 19.3 Å². The van der Waals surface area contributed by atoms with Crippen LogP contribution >= 0.6 is 0 Å². The van der Waals surface area contributed by atoms with Crippen LogP contribution in [-0.2, 0) is 5.60 Å². The molecule has 3 nitrogen and oxygen atoms in total. The SMILES string of the molecule is COc1cc(F)cc(OC)c1C1(O)CC1. The van der Waals surface area contributed by atoms with Crippen molar-refractivity contribution in [3.05, 3.63) is 23.5 Å². The van der Waals surface area contributed by atoms with Crippen LogP contribution in [0.1, 0.15) is 18.4 Å². The summed E-state index contributed by atoms with van der Waals surface area (Å²) in [7, 11) is 2.90. The molecule has 15 heavy (non-hydrogen) atoms. The molecule has 1 N–H and O–H groups in total. The van der Waals surface area contributed by atoms with Crippen molar-refractivity contribution in [1.29, 1.82) is 0 Å². The molecule has 1 fully saturated rings. The van der Waals surface area contributed by atoms with Gasteiger partial charge in [-0.25, -0.2) is 4.39 Å². The molecule has 0 unspecified atom stereocenters. The van der Waals surface area contributed by atoms with Crippen molar-refractivity contribution in [1.82, 2.24) is 0 Å². The molecule has 0 aromatic heterocycles. The minimum atomic E-state index is -0.898. The summed E-state index contributed by atoms with van der Waals surface area (Å²) < 4.78 is 23.3. The van der Waals surface area contributed by atoms with Crippen molar-refractivity contribution in [3.8, 4) is 11.5 Å². The van der Waals surface area contributed by atoms with Crippen molar-refractivity contribution in [2.45, 2.75) is 18.4 Å². The Morgan fingerprint density at radius 1 is 1.20 bits per heavy atom. The topological polar surface area (TPSA) is 38.7 Å². The fourth-order valence-corrected chi connectivity index (χ4v) is 1.71. The van der Waals surface area contributed by atoms with E-state index in [0.717, 1.165) is 0 Å². The van der Waals surface area contributed by atoms with Crippen LogP contribution in [0.2, 0.25) is 0 Å². The van der Waals surface area contributed by atoms with Gasteiger partial charge in [-0.1, -0.05) is 0 Å². The van der Waals surface area contributed by atoms with Crippen LogP contribution in [0.4, 0.5) is 4.39 Å². The number of hydrogen-bond acceptors (Lipinski definition) is 3. The van der Waals surface area contributed by atoms with Gasteiger partial charge in [0.05, 0.1) is 25.4 Å². The number of methoxy groups -OCH3 is 2. The molecule has 0 heterocycles. The summed E-state index contributed by atoms with van der Waals surface area (Å²) in [6, 6.07) is 2.52. The first-order valence-corrected chi connectivity index (χ1v) is 4.75. The number of hydrogen-bond donors (Lipinski definition) is 1. The molecular formula is C11H13FO3. The van der Waals surface area contributed by atoms with Gasteiger partial charge in [-0.2, -0.15) is 0 Å². The summed E-state index contributed by atoms with van der Waals surface area (Å²) in [5, 5.41) is 10.0. The quantitative estimate of drug-likeness (QED) is 0.830. The maximum atomic E-state index is 13.1. The molecule has 0 bridgehead atoms. The van der Waals surface area contributed by atoms with Crippen molar-refractivity contribution in [3.63, 3.8) is 0 Å². The molecule has 0 radical (unpaired) electrons. The molecule has 0 saturated heterocycles. The third kappa shape index (κ3) is 1.65. The van der Waals surface area contributed by atoms with Gasteiger partial charge in [0.15, 0.2) is 0 Å². The van der Waals surface area contributed by atoms with Crippen LogP contribution in [0.25, 0.3) is 0 Å². The van der Waals surface area contributed by atoms with E-state index in [0.29, 0.717) is 29.9 Å². The van der Waals surface area contributed by atoms with Crippen molar-refractivity contribution >= 4 is 0 Å². The minimum absolute atomic E-state index is 0.340. The molecule has 1 aromatic rings. The minimum Gasteiger partial charge on any atom is -0.496 e. The smallest absolute Gasteiger partial charge is 0.131 e. The Balaban J connectivity index is 2.57. The van der Waals surface area contributed by atoms with E-state index >= 15 is 0 Å². The predicted octanol–water partition coefficient (Wildman–Crippen LogP) is 1.82. The Morgan fingerprint density at radius 2 is 1.67 bits per heavy atom. The highest BCUT2D eigenvalue weighted by atomic mass is 19.1. The van der Waals surface area contributed by atoms with Crippen LogP contribution < -0.4 is 9.47 Å². The molecule has 1 aromatic carbocycles. The molecule has 2 rings (SSSR count). The zero-order chi connectivity index (χ0) is 11.1. The van der Waals surface area contributed by atoms with Gasteiger partial charge in [-0.15, -0.1) is 0 Å². The van der Waals surface area contributed by atoms with E-state index in [1.807, 2.05) is 0 Å². The zero-order valence-electron chi connectivity index (χ0n) is 8.71. The van der Waals surface area contributed by atoms with Crippen molar-refractivity contribution in [2.75, 3.05) is 14.2 Å². The lowest BCUT2D eigenvalue weighted by Gasteiger charge is -2.17. The highest BCUT2D eigenvalue weighted by Crippen LogP contribution is 2.52. The Kier molecular flexibility index (Phi) is 2.31. The summed E-state index contributed by atoms with van der Waals surface area (Å²) in [5.74, 6) is 0.246. The zero-order valence-corrected chi connectivity index (χ0v) is 8.71. The van der Waals surface area contributed by atoms with Gasteiger partial charge in [0.1, 0.15) is 17.3 Å². The normalized spacial score (nSPS) is 17.3. The van der Waals surface area contributed by atoms with Crippen molar-refractivity contribution in [2.24, 2.45) is 0 Å². The van der Waals surface area contributed by atoms with E-state index in [-0.39, 0.29) is 0 Å². The van der Waals surface area contributed by atoms with Gasteiger partial charge in [0, 0.05) is 12.1 Å². The molecule has 0 atom stereocenters. The largest absolute Gasteiger partial charge is 0.496 e. The van der Waals surface area contributed by atoms with Gasteiger partial charge >= 0.3 is 0 Å². The average molecular weight is 212 g/mol. The van der Waals surface area contributed by atoms with E-state index in [2.05, 4.69) is 0 Å². The fourth-order valence-electron chi connectivity index (χ4n) is 1.71.